The van der Waals surface area contributed by atoms with Crippen molar-refractivity contribution in [1.29, 1.82) is 0 Å². The SMILES string of the molecule is CCCC1CCC(C(Cc2c(Cl)cccc2Cl)NN)CC1. The summed E-state index contributed by atoms with van der Waals surface area (Å²) < 4.78 is 0. The van der Waals surface area contributed by atoms with Gasteiger partial charge in [0.1, 0.15) is 0 Å². The van der Waals surface area contributed by atoms with Crippen LogP contribution in [0.2, 0.25) is 10.0 Å². The Kier molecular flexibility index (Phi) is 6.81. The van der Waals surface area contributed by atoms with E-state index in [1.54, 1.807) is 0 Å². The fourth-order valence-corrected chi connectivity index (χ4v) is 4.15. The second kappa shape index (κ2) is 8.38. The van der Waals surface area contributed by atoms with Crippen LogP contribution in [0, 0.1) is 11.8 Å². The molecule has 0 heterocycles. The van der Waals surface area contributed by atoms with Gasteiger partial charge < -0.3 is 0 Å². The van der Waals surface area contributed by atoms with E-state index < -0.39 is 0 Å². The summed E-state index contributed by atoms with van der Waals surface area (Å²) in [5.41, 5.74) is 4.02. The predicted octanol–water partition coefficient (Wildman–Crippen LogP) is 4.97. The zero-order chi connectivity index (χ0) is 15.2. The van der Waals surface area contributed by atoms with Gasteiger partial charge in [0.25, 0.3) is 0 Å². The Morgan fingerprint density at radius 1 is 1.19 bits per heavy atom. The molecule has 0 aliphatic heterocycles. The van der Waals surface area contributed by atoms with Crippen LogP contribution < -0.4 is 11.3 Å². The maximum Gasteiger partial charge on any atom is 0.0453 e. The molecule has 0 spiro atoms. The van der Waals surface area contributed by atoms with E-state index in [1.807, 2.05) is 18.2 Å². The average molecular weight is 329 g/mol. The van der Waals surface area contributed by atoms with E-state index in [1.165, 1.54) is 38.5 Å². The van der Waals surface area contributed by atoms with Crippen LogP contribution in [0.5, 0.6) is 0 Å². The van der Waals surface area contributed by atoms with Crippen LogP contribution in [0.25, 0.3) is 0 Å². The first-order valence-corrected chi connectivity index (χ1v) is 8.80. The molecule has 3 N–H and O–H groups in total. The van der Waals surface area contributed by atoms with Crippen molar-refractivity contribution in [2.75, 3.05) is 0 Å². The number of benzene rings is 1. The zero-order valence-corrected chi connectivity index (χ0v) is 14.3. The Morgan fingerprint density at radius 2 is 1.81 bits per heavy atom. The standard InChI is InChI=1S/C17H26Cl2N2/c1-2-4-12-7-9-13(10-8-12)17(21-20)11-14-15(18)5-3-6-16(14)19/h3,5-6,12-13,17,21H,2,4,7-11,20H2,1H3. The lowest BCUT2D eigenvalue weighted by atomic mass is 9.76. The minimum absolute atomic E-state index is 0.255. The molecule has 1 aromatic rings. The fraction of sp³-hybridized carbons (Fsp3) is 0.647. The molecule has 0 saturated heterocycles. The molecular weight excluding hydrogens is 303 g/mol. The molecule has 0 amide bonds. The number of hydrogen-bond acceptors (Lipinski definition) is 2. The molecule has 2 rings (SSSR count). The number of rotatable bonds is 6. The minimum atomic E-state index is 0.255. The van der Waals surface area contributed by atoms with Gasteiger partial charge in [-0.15, -0.1) is 0 Å². The van der Waals surface area contributed by atoms with Crippen LogP contribution in [0.4, 0.5) is 0 Å². The molecule has 2 nitrogen and oxygen atoms in total. The summed E-state index contributed by atoms with van der Waals surface area (Å²) in [5.74, 6) is 7.34. The Labute approximate surface area is 138 Å². The Bertz CT molecular complexity index is 422. The highest BCUT2D eigenvalue weighted by molar-refractivity contribution is 6.36. The Balaban J connectivity index is 1.98. The fourth-order valence-electron chi connectivity index (χ4n) is 3.60. The number of nitrogens with two attached hydrogens (primary N) is 1. The molecule has 1 aliphatic carbocycles. The first kappa shape index (κ1) is 17.1. The smallest absolute Gasteiger partial charge is 0.0453 e. The summed E-state index contributed by atoms with van der Waals surface area (Å²) in [6.45, 7) is 2.27. The van der Waals surface area contributed by atoms with Gasteiger partial charge in [0.15, 0.2) is 0 Å². The zero-order valence-electron chi connectivity index (χ0n) is 12.7. The molecule has 1 unspecified atom stereocenters. The molecule has 0 aromatic heterocycles. The van der Waals surface area contributed by atoms with Gasteiger partial charge >= 0.3 is 0 Å². The van der Waals surface area contributed by atoms with E-state index in [4.69, 9.17) is 29.0 Å². The number of halogens is 2. The molecule has 1 aromatic carbocycles. The molecule has 1 atom stereocenters. The van der Waals surface area contributed by atoms with E-state index in [0.717, 1.165) is 27.9 Å². The molecule has 1 aliphatic rings. The average Bonchev–Trinajstić information content (AvgIpc) is 2.49. The highest BCUT2D eigenvalue weighted by atomic mass is 35.5. The number of nitrogens with one attached hydrogen (secondary N) is 1. The highest BCUT2D eigenvalue weighted by Crippen LogP contribution is 2.35. The van der Waals surface area contributed by atoms with Crippen molar-refractivity contribution < 1.29 is 0 Å². The van der Waals surface area contributed by atoms with Crippen molar-refractivity contribution >= 4 is 23.2 Å². The van der Waals surface area contributed by atoms with Gasteiger partial charge in [0.05, 0.1) is 0 Å². The quantitative estimate of drug-likeness (QED) is 0.571. The third kappa shape index (κ3) is 4.59. The largest absolute Gasteiger partial charge is 0.271 e. The first-order valence-electron chi connectivity index (χ1n) is 8.04. The third-order valence-electron chi connectivity index (χ3n) is 4.86. The lowest BCUT2D eigenvalue weighted by Crippen LogP contribution is -2.43. The van der Waals surface area contributed by atoms with E-state index in [-0.39, 0.29) is 6.04 Å². The van der Waals surface area contributed by atoms with Crippen LogP contribution in [-0.2, 0) is 6.42 Å². The summed E-state index contributed by atoms with van der Waals surface area (Å²) in [7, 11) is 0. The van der Waals surface area contributed by atoms with E-state index in [0.29, 0.717) is 5.92 Å². The number of hydrazine groups is 1. The Morgan fingerprint density at radius 3 is 2.33 bits per heavy atom. The lowest BCUT2D eigenvalue weighted by molar-refractivity contribution is 0.213. The summed E-state index contributed by atoms with van der Waals surface area (Å²) in [5, 5.41) is 1.48. The summed E-state index contributed by atoms with van der Waals surface area (Å²) in [4.78, 5) is 0. The van der Waals surface area contributed by atoms with Crippen molar-refractivity contribution in [3.63, 3.8) is 0 Å². The van der Waals surface area contributed by atoms with Crippen LogP contribution in [0.3, 0.4) is 0 Å². The maximum absolute atomic E-state index is 6.28. The van der Waals surface area contributed by atoms with Crippen LogP contribution >= 0.6 is 23.2 Å². The molecule has 4 heteroatoms. The molecule has 1 fully saturated rings. The van der Waals surface area contributed by atoms with Gasteiger partial charge in [-0.1, -0.05) is 61.9 Å². The van der Waals surface area contributed by atoms with Crippen molar-refractivity contribution in [3.8, 4) is 0 Å². The van der Waals surface area contributed by atoms with Gasteiger partial charge in [-0.25, -0.2) is 0 Å². The van der Waals surface area contributed by atoms with E-state index in [2.05, 4.69) is 12.3 Å². The van der Waals surface area contributed by atoms with Gasteiger partial charge in [0.2, 0.25) is 0 Å². The highest BCUT2D eigenvalue weighted by Gasteiger charge is 2.27. The minimum Gasteiger partial charge on any atom is -0.271 e. The molecule has 0 bridgehead atoms. The predicted molar refractivity (Wildman–Crippen MR) is 91.6 cm³/mol. The summed E-state index contributed by atoms with van der Waals surface area (Å²) in [6, 6.07) is 5.93. The monoisotopic (exact) mass is 328 g/mol. The van der Waals surface area contributed by atoms with Crippen molar-refractivity contribution in [3.05, 3.63) is 33.8 Å². The normalized spacial score (nSPS) is 24.0. The van der Waals surface area contributed by atoms with E-state index >= 15 is 0 Å². The molecular formula is C17H26Cl2N2. The maximum atomic E-state index is 6.28. The van der Waals surface area contributed by atoms with Gasteiger partial charge in [-0.2, -0.15) is 0 Å². The van der Waals surface area contributed by atoms with Crippen LogP contribution in [-0.4, -0.2) is 6.04 Å². The molecule has 118 valence electrons. The topological polar surface area (TPSA) is 38.0 Å². The van der Waals surface area contributed by atoms with Gasteiger partial charge in [-0.3, -0.25) is 11.3 Å². The van der Waals surface area contributed by atoms with E-state index in [9.17, 15) is 0 Å². The molecule has 1 saturated carbocycles. The Hall–Kier alpha value is -0.280. The van der Waals surface area contributed by atoms with Crippen LogP contribution in [0.15, 0.2) is 18.2 Å². The lowest BCUT2D eigenvalue weighted by Gasteiger charge is -2.34. The van der Waals surface area contributed by atoms with Gasteiger partial charge in [-0.05, 0) is 48.8 Å². The van der Waals surface area contributed by atoms with Crippen LogP contribution in [0.1, 0.15) is 51.0 Å². The molecule has 21 heavy (non-hydrogen) atoms. The van der Waals surface area contributed by atoms with Crippen molar-refractivity contribution in [2.24, 2.45) is 17.7 Å². The number of hydrogen-bond donors (Lipinski definition) is 2. The molecule has 0 radical (unpaired) electrons. The van der Waals surface area contributed by atoms with Crippen molar-refractivity contribution in [1.82, 2.24) is 5.43 Å². The summed E-state index contributed by atoms with van der Waals surface area (Å²) in [6.07, 6.45) is 8.62. The second-order valence-corrected chi connectivity index (χ2v) is 7.06. The van der Waals surface area contributed by atoms with Crippen molar-refractivity contribution in [2.45, 2.75) is 57.9 Å². The van der Waals surface area contributed by atoms with Gasteiger partial charge in [0, 0.05) is 16.1 Å². The summed E-state index contributed by atoms with van der Waals surface area (Å²) >= 11 is 12.6. The first-order chi connectivity index (χ1) is 10.2. The third-order valence-corrected chi connectivity index (χ3v) is 5.57. The second-order valence-electron chi connectivity index (χ2n) is 6.25.